The predicted molar refractivity (Wildman–Crippen MR) is 25.0 cm³/mol. The Morgan fingerprint density at radius 1 is 2.00 bits per heavy atom. The summed E-state index contributed by atoms with van der Waals surface area (Å²) >= 11 is 4.18. The lowest BCUT2D eigenvalue weighted by Crippen LogP contribution is -2.06. The summed E-state index contributed by atoms with van der Waals surface area (Å²) in [5, 5.41) is 0. The summed E-state index contributed by atoms with van der Waals surface area (Å²) in [6, 6.07) is 0. The maximum absolute atomic E-state index is 9.53. The minimum atomic E-state index is -0.827. The molecular formula is CH2NO2PS. The Hall–Kier alpha value is -0.210. The Balaban J connectivity index is 3.05. The summed E-state index contributed by atoms with van der Waals surface area (Å²) in [6.45, 7) is 0. The standard InChI is InChI=1S/CH2NO2PS/c2-1(3)4-5-6/h(H2,2,3). The van der Waals surface area contributed by atoms with Crippen molar-refractivity contribution in [2.24, 2.45) is 5.73 Å². The van der Waals surface area contributed by atoms with Crippen LogP contribution in [0.3, 0.4) is 0 Å². The first-order chi connectivity index (χ1) is 2.77. The van der Waals surface area contributed by atoms with Gasteiger partial charge in [-0.1, -0.05) is 0 Å². The minimum absolute atomic E-state index is 0.133. The fourth-order valence-corrected chi connectivity index (χ4v) is 0.331. The average Bonchev–Trinajstić information content (AvgIpc) is 1.35. The fraction of sp³-hybridized carbons (Fsp3) is 0. The van der Waals surface area contributed by atoms with Crippen LogP contribution in [0.2, 0.25) is 0 Å². The molecule has 2 N–H and O–H groups in total. The van der Waals surface area contributed by atoms with Gasteiger partial charge < -0.3 is 10.3 Å². The molecule has 0 saturated heterocycles. The molecule has 0 spiro atoms. The van der Waals surface area contributed by atoms with Gasteiger partial charge in [-0.25, -0.2) is 4.79 Å². The van der Waals surface area contributed by atoms with Gasteiger partial charge in [0.1, 0.15) is 0 Å². The van der Waals surface area contributed by atoms with Crippen LogP contribution in [0.4, 0.5) is 4.79 Å². The topological polar surface area (TPSA) is 52.3 Å². The molecule has 0 aromatic carbocycles. The van der Waals surface area contributed by atoms with Gasteiger partial charge in [-0.15, -0.1) is 0 Å². The van der Waals surface area contributed by atoms with Crippen molar-refractivity contribution in [3.63, 3.8) is 0 Å². The molecule has 0 aromatic heterocycles. The highest BCUT2D eigenvalue weighted by atomic mass is 32.4. The molecule has 34 valence electrons. The van der Waals surface area contributed by atoms with Crippen molar-refractivity contribution in [3.05, 3.63) is 0 Å². The van der Waals surface area contributed by atoms with Crippen molar-refractivity contribution in [3.8, 4) is 0 Å². The van der Waals surface area contributed by atoms with Gasteiger partial charge in [0.25, 0.3) is 0 Å². The smallest absolute Gasteiger partial charge is 0.379 e. The fourth-order valence-electron chi connectivity index (χ4n) is 0.0367. The highest BCUT2D eigenvalue weighted by Gasteiger charge is 1.82. The lowest BCUT2D eigenvalue weighted by Gasteiger charge is -1.79. The minimum Gasteiger partial charge on any atom is -0.379 e. The molecule has 0 bridgehead atoms. The number of hydrogen-bond acceptors (Lipinski definition) is 3. The van der Waals surface area contributed by atoms with E-state index in [2.05, 4.69) is 22.1 Å². The molecule has 0 rings (SSSR count). The van der Waals surface area contributed by atoms with Gasteiger partial charge in [0.2, 0.25) is 7.58 Å². The van der Waals surface area contributed by atoms with Gasteiger partial charge in [-0.3, -0.25) is 0 Å². The average molecular weight is 123 g/mol. The Morgan fingerprint density at radius 2 is 2.50 bits per heavy atom. The first-order valence-electron chi connectivity index (χ1n) is 1.06. The van der Waals surface area contributed by atoms with Gasteiger partial charge >= 0.3 is 6.09 Å². The van der Waals surface area contributed by atoms with E-state index in [0.717, 1.165) is 0 Å². The van der Waals surface area contributed by atoms with Crippen LogP contribution < -0.4 is 5.73 Å². The molecule has 0 aliphatic heterocycles. The Kier molecular flexibility index (Phi) is 2.89. The molecule has 0 radical (unpaired) electrons. The largest absolute Gasteiger partial charge is 0.413 e. The van der Waals surface area contributed by atoms with Crippen LogP contribution in [-0.4, -0.2) is 6.09 Å². The maximum atomic E-state index is 9.53. The summed E-state index contributed by atoms with van der Waals surface area (Å²) in [6.07, 6.45) is -0.827. The van der Waals surface area contributed by atoms with Crippen LogP contribution >= 0.6 is 7.58 Å². The molecule has 0 aliphatic rings. The van der Waals surface area contributed by atoms with Gasteiger partial charge in [0.15, 0.2) is 0 Å². The van der Waals surface area contributed by atoms with E-state index in [1.54, 1.807) is 0 Å². The van der Waals surface area contributed by atoms with Crippen LogP contribution in [0.5, 0.6) is 0 Å². The Morgan fingerprint density at radius 3 is 2.50 bits per heavy atom. The van der Waals surface area contributed by atoms with Crippen molar-refractivity contribution in [1.82, 2.24) is 0 Å². The summed E-state index contributed by atoms with van der Waals surface area (Å²) in [4.78, 5) is 9.53. The van der Waals surface area contributed by atoms with Crippen LogP contribution in [0.25, 0.3) is 0 Å². The number of nitrogens with two attached hydrogens (primary N) is 1. The number of primary amides is 1. The third-order valence-corrected chi connectivity index (χ3v) is 0.605. The van der Waals surface area contributed by atoms with Crippen LogP contribution in [-0.2, 0) is 16.3 Å². The van der Waals surface area contributed by atoms with E-state index in [1.807, 2.05) is 0 Å². The molecule has 1 amide bonds. The molecule has 5 heteroatoms. The molecule has 0 aromatic rings. The van der Waals surface area contributed by atoms with Crippen molar-refractivity contribution >= 4 is 25.5 Å². The zero-order valence-electron chi connectivity index (χ0n) is 2.75. The molecule has 0 fully saturated rings. The van der Waals surface area contributed by atoms with Crippen LogP contribution in [0.1, 0.15) is 0 Å². The summed E-state index contributed by atoms with van der Waals surface area (Å²) in [5.74, 6) is 0. The zero-order chi connectivity index (χ0) is 4.99. The monoisotopic (exact) mass is 123 g/mol. The van der Waals surface area contributed by atoms with E-state index in [4.69, 9.17) is 0 Å². The normalized spacial score (nSPS) is 8.00. The van der Waals surface area contributed by atoms with Crippen molar-refractivity contribution < 1.29 is 9.32 Å². The highest BCUT2D eigenvalue weighted by Crippen LogP contribution is 1.90. The van der Waals surface area contributed by atoms with Gasteiger partial charge in [-0.05, 0) is 11.8 Å². The quantitative estimate of drug-likeness (QED) is 0.513. The van der Waals surface area contributed by atoms with E-state index in [-0.39, 0.29) is 7.58 Å². The number of amides is 1. The molecule has 0 unspecified atom stereocenters. The second kappa shape index (κ2) is 3.00. The molecule has 0 saturated carbocycles. The van der Waals surface area contributed by atoms with Crippen molar-refractivity contribution in [2.75, 3.05) is 0 Å². The van der Waals surface area contributed by atoms with Gasteiger partial charge in [0, 0.05) is 0 Å². The molecular weight excluding hydrogens is 121 g/mol. The van der Waals surface area contributed by atoms with E-state index < -0.39 is 6.09 Å². The first kappa shape index (κ1) is 5.79. The van der Waals surface area contributed by atoms with E-state index >= 15 is 0 Å². The number of carbonyl (C=O) groups excluding carboxylic acids is 1. The second-order valence-corrected chi connectivity index (χ2v) is 1.26. The molecule has 0 heterocycles. The van der Waals surface area contributed by atoms with E-state index in [1.165, 1.54) is 0 Å². The number of hydrogen-bond donors (Lipinski definition) is 1. The van der Waals surface area contributed by atoms with Gasteiger partial charge in [-0.2, -0.15) is 0 Å². The Labute approximate surface area is 41.4 Å². The molecule has 0 atom stereocenters. The lowest BCUT2D eigenvalue weighted by molar-refractivity contribution is 0.218. The van der Waals surface area contributed by atoms with Crippen molar-refractivity contribution in [2.45, 2.75) is 0 Å². The summed E-state index contributed by atoms with van der Waals surface area (Å²) in [5.41, 5.74) is 4.47. The lowest BCUT2D eigenvalue weighted by atomic mass is 11.3. The first-order valence-corrected chi connectivity index (χ1v) is 2.89. The predicted octanol–water partition coefficient (Wildman–Crippen LogP) is 0.405. The molecule has 0 aliphatic carbocycles. The summed E-state index contributed by atoms with van der Waals surface area (Å²) in [7, 11) is 0.133. The van der Waals surface area contributed by atoms with E-state index in [9.17, 15) is 4.79 Å². The summed E-state index contributed by atoms with van der Waals surface area (Å²) < 4.78 is 3.97. The Bertz CT molecular complexity index is 73.9. The highest BCUT2D eigenvalue weighted by molar-refractivity contribution is 7.94. The molecule has 3 nitrogen and oxygen atoms in total. The second-order valence-electron chi connectivity index (χ2n) is 0.485. The van der Waals surface area contributed by atoms with Crippen molar-refractivity contribution in [1.29, 1.82) is 0 Å². The number of rotatable bonds is 1. The third kappa shape index (κ3) is 3.79. The number of carbonyl (C=O) groups is 1. The van der Waals surface area contributed by atoms with Gasteiger partial charge in [0.05, 0.1) is 0 Å². The van der Waals surface area contributed by atoms with Crippen LogP contribution in [0, 0.1) is 0 Å². The van der Waals surface area contributed by atoms with E-state index in [0.29, 0.717) is 0 Å². The van der Waals surface area contributed by atoms with Crippen LogP contribution in [0.15, 0.2) is 0 Å². The SMILES string of the molecule is NC(=O)OP=S. The maximum Gasteiger partial charge on any atom is 0.413 e. The zero-order valence-corrected chi connectivity index (χ0v) is 4.46. The molecule has 6 heavy (non-hydrogen) atoms. The third-order valence-electron chi connectivity index (χ3n) is 0.127.